The maximum atomic E-state index is 12.4. The highest BCUT2D eigenvalue weighted by molar-refractivity contribution is 5.94. The molecule has 1 saturated heterocycles. The molecule has 1 aliphatic heterocycles. The van der Waals surface area contributed by atoms with Crippen molar-refractivity contribution in [2.24, 2.45) is 5.92 Å². The van der Waals surface area contributed by atoms with Crippen LogP contribution in [0.4, 0.5) is 5.69 Å². The lowest BCUT2D eigenvalue weighted by Gasteiger charge is -2.37. The van der Waals surface area contributed by atoms with Crippen molar-refractivity contribution < 1.29 is 9.90 Å². The standard InChI is InChI=1S/C17H23N3O2/c1-12(20-8-4-6-15(11-20)13(2)21)17(22)19-16-7-3-5-14(9-16)10-18/h3,5,7,9,12-13,15,21H,4,6,8,11H2,1-2H3,(H,19,22). The van der Waals surface area contributed by atoms with E-state index in [9.17, 15) is 9.90 Å². The number of hydrogen-bond donors (Lipinski definition) is 2. The third-order valence-corrected chi connectivity index (χ3v) is 4.36. The van der Waals surface area contributed by atoms with Crippen LogP contribution in [-0.2, 0) is 4.79 Å². The van der Waals surface area contributed by atoms with E-state index in [1.807, 2.05) is 13.8 Å². The molecule has 0 saturated carbocycles. The van der Waals surface area contributed by atoms with Crippen LogP contribution in [-0.4, -0.2) is 41.1 Å². The third-order valence-electron chi connectivity index (χ3n) is 4.36. The molecule has 1 fully saturated rings. The van der Waals surface area contributed by atoms with E-state index in [0.717, 1.165) is 25.9 Å². The topological polar surface area (TPSA) is 76.4 Å². The second-order valence-electron chi connectivity index (χ2n) is 6.00. The Hall–Kier alpha value is -1.90. The summed E-state index contributed by atoms with van der Waals surface area (Å²) >= 11 is 0. The van der Waals surface area contributed by atoms with E-state index in [4.69, 9.17) is 5.26 Å². The number of carbonyl (C=O) groups is 1. The van der Waals surface area contributed by atoms with Crippen molar-refractivity contribution in [3.05, 3.63) is 29.8 Å². The SMILES string of the molecule is CC(O)C1CCCN(C(C)C(=O)Nc2cccc(C#N)c2)C1. The van der Waals surface area contributed by atoms with Crippen molar-refractivity contribution in [3.8, 4) is 6.07 Å². The first-order valence-electron chi connectivity index (χ1n) is 7.74. The van der Waals surface area contributed by atoms with Gasteiger partial charge in [0.25, 0.3) is 0 Å². The normalized spacial score (nSPS) is 21.6. The van der Waals surface area contributed by atoms with Gasteiger partial charge in [-0.3, -0.25) is 9.69 Å². The van der Waals surface area contributed by atoms with E-state index >= 15 is 0 Å². The van der Waals surface area contributed by atoms with E-state index < -0.39 is 0 Å². The van der Waals surface area contributed by atoms with Gasteiger partial charge >= 0.3 is 0 Å². The average molecular weight is 301 g/mol. The average Bonchev–Trinajstić information content (AvgIpc) is 2.54. The fourth-order valence-electron chi connectivity index (χ4n) is 2.86. The highest BCUT2D eigenvalue weighted by atomic mass is 16.3. The van der Waals surface area contributed by atoms with E-state index in [-0.39, 0.29) is 24.0 Å². The summed E-state index contributed by atoms with van der Waals surface area (Å²) in [5.74, 6) is 0.146. The molecule has 0 spiro atoms. The molecule has 3 atom stereocenters. The summed E-state index contributed by atoms with van der Waals surface area (Å²) in [6, 6.07) is 8.71. The quantitative estimate of drug-likeness (QED) is 0.891. The van der Waals surface area contributed by atoms with E-state index in [1.165, 1.54) is 0 Å². The number of rotatable bonds is 4. The Morgan fingerprint density at radius 2 is 2.27 bits per heavy atom. The summed E-state index contributed by atoms with van der Waals surface area (Å²) in [6.07, 6.45) is 1.66. The molecule has 22 heavy (non-hydrogen) atoms. The van der Waals surface area contributed by atoms with Crippen LogP contribution < -0.4 is 5.32 Å². The lowest BCUT2D eigenvalue weighted by atomic mass is 9.92. The predicted molar refractivity (Wildman–Crippen MR) is 85.2 cm³/mol. The molecule has 1 heterocycles. The smallest absolute Gasteiger partial charge is 0.241 e. The maximum absolute atomic E-state index is 12.4. The van der Waals surface area contributed by atoms with Gasteiger partial charge in [-0.05, 0) is 57.4 Å². The number of aliphatic hydroxyl groups excluding tert-OH is 1. The molecular weight excluding hydrogens is 278 g/mol. The van der Waals surface area contributed by atoms with Crippen molar-refractivity contribution in [2.45, 2.75) is 38.8 Å². The predicted octanol–water partition coefficient (Wildman–Crippen LogP) is 1.98. The highest BCUT2D eigenvalue weighted by Gasteiger charge is 2.29. The number of piperidine rings is 1. The number of anilines is 1. The minimum Gasteiger partial charge on any atom is -0.393 e. The van der Waals surface area contributed by atoms with E-state index in [2.05, 4.69) is 16.3 Å². The van der Waals surface area contributed by atoms with Gasteiger partial charge in [-0.15, -0.1) is 0 Å². The van der Waals surface area contributed by atoms with Crippen LogP contribution in [0.2, 0.25) is 0 Å². The number of likely N-dealkylation sites (tertiary alicyclic amines) is 1. The van der Waals surface area contributed by atoms with Gasteiger partial charge in [0.05, 0.1) is 23.8 Å². The lowest BCUT2D eigenvalue weighted by Crippen LogP contribution is -2.48. The maximum Gasteiger partial charge on any atom is 0.241 e. The molecule has 2 N–H and O–H groups in total. The summed E-state index contributed by atoms with van der Waals surface area (Å²) in [7, 11) is 0. The van der Waals surface area contributed by atoms with Gasteiger partial charge in [-0.2, -0.15) is 5.26 Å². The van der Waals surface area contributed by atoms with Crippen LogP contribution in [0.15, 0.2) is 24.3 Å². The van der Waals surface area contributed by atoms with Crippen molar-refractivity contribution in [1.82, 2.24) is 4.90 Å². The van der Waals surface area contributed by atoms with E-state index in [1.54, 1.807) is 24.3 Å². The zero-order valence-electron chi connectivity index (χ0n) is 13.1. The van der Waals surface area contributed by atoms with Gasteiger partial charge in [0.1, 0.15) is 0 Å². The molecule has 0 radical (unpaired) electrons. The number of hydrogen-bond acceptors (Lipinski definition) is 4. The largest absolute Gasteiger partial charge is 0.393 e. The van der Waals surface area contributed by atoms with Gasteiger partial charge in [0.2, 0.25) is 5.91 Å². The Morgan fingerprint density at radius 3 is 2.95 bits per heavy atom. The number of nitriles is 1. The molecule has 118 valence electrons. The first-order valence-corrected chi connectivity index (χ1v) is 7.74. The number of benzene rings is 1. The van der Waals surface area contributed by atoms with Crippen LogP contribution in [0.5, 0.6) is 0 Å². The highest BCUT2D eigenvalue weighted by Crippen LogP contribution is 2.22. The Labute approximate surface area is 131 Å². The van der Waals surface area contributed by atoms with Crippen LogP contribution >= 0.6 is 0 Å². The molecule has 1 aromatic rings. The van der Waals surface area contributed by atoms with Crippen molar-refractivity contribution in [3.63, 3.8) is 0 Å². The molecule has 3 unspecified atom stereocenters. The number of nitrogens with zero attached hydrogens (tertiary/aromatic N) is 2. The number of nitrogens with one attached hydrogen (secondary N) is 1. The van der Waals surface area contributed by atoms with Crippen LogP contribution in [0.1, 0.15) is 32.3 Å². The first kappa shape index (κ1) is 16.5. The van der Waals surface area contributed by atoms with Gasteiger partial charge in [-0.1, -0.05) is 6.07 Å². The third kappa shape index (κ3) is 4.06. The Kier molecular flexibility index (Phi) is 5.53. The van der Waals surface area contributed by atoms with Gasteiger partial charge < -0.3 is 10.4 Å². The fraction of sp³-hybridized carbons (Fsp3) is 0.529. The minimum absolute atomic E-state index is 0.0821. The Morgan fingerprint density at radius 1 is 1.50 bits per heavy atom. The number of aliphatic hydroxyl groups is 1. The van der Waals surface area contributed by atoms with Crippen molar-refractivity contribution in [1.29, 1.82) is 5.26 Å². The van der Waals surface area contributed by atoms with Crippen LogP contribution in [0.3, 0.4) is 0 Å². The Bertz CT molecular complexity index is 565. The molecule has 2 rings (SSSR count). The zero-order chi connectivity index (χ0) is 16.1. The van der Waals surface area contributed by atoms with Gasteiger partial charge in [0.15, 0.2) is 0 Å². The summed E-state index contributed by atoms with van der Waals surface area (Å²) in [5, 5.41) is 21.5. The molecule has 1 aliphatic rings. The lowest BCUT2D eigenvalue weighted by molar-refractivity contribution is -0.121. The van der Waals surface area contributed by atoms with Gasteiger partial charge in [-0.25, -0.2) is 0 Å². The molecule has 0 aliphatic carbocycles. The fourth-order valence-corrected chi connectivity index (χ4v) is 2.86. The Balaban J connectivity index is 1.98. The summed E-state index contributed by atoms with van der Waals surface area (Å²) in [5.41, 5.74) is 1.16. The summed E-state index contributed by atoms with van der Waals surface area (Å²) in [6.45, 7) is 5.31. The van der Waals surface area contributed by atoms with Crippen molar-refractivity contribution in [2.75, 3.05) is 18.4 Å². The van der Waals surface area contributed by atoms with Gasteiger partial charge in [0, 0.05) is 12.2 Å². The summed E-state index contributed by atoms with van der Waals surface area (Å²) in [4.78, 5) is 14.5. The van der Waals surface area contributed by atoms with Crippen LogP contribution in [0, 0.1) is 17.2 Å². The number of carbonyl (C=O) groups excluding carboxylic acids is 1. The molecule has 1 amide bonds. The second kappa shape index (κ2) is 7.39. The van der Waals surface area contributed by atoms with E-state index in [0.29, 0.717) is 11.3 Å². The minimum atomic E-state index is -0.342. The molecule has 1 aromatic carbocycles. The first-order chi connectivity index (χ1) is 10.5. The van der Waals surface area contributed by atoms with Crippen LogP contribution in [0.25, 0.3) is 0 Å². The van der Waals surface area contributed by atoms with Crippen molar-refractivity contribution >= 4 is 11.6 Å². The second-order valence-corrected chi connectivity index (χ2v) is 6.00. The molecule has 0 aromatic heterocycles. The summed E-state index contributed by atoms with van der Waals surface area (Å²) < 4.78 is 0. The molecular formula is C17H23N3O2. The molecule has 5 nitrogen and oxygen atoms in total. The molecule has 5 heteroatoms. The zero-order valence-corrected chi connectivity index (χ0v) is 13.1. The number of amides is 1. The monoisotopic (exact) mass is 301 g/mol. The molecule has 0 bridgehead atoms.